The molecule has 7 heteroatoms. The van der Waals surface area contributed by atoms with Crippen LogP contribution in [0.15, 0.2) is 11.1 Å². The first-order chi connectivity index (χ1) is 8.25. The molecule has 0 saturated carbocycles. The summed E-state index contributed by atoms with van der Waals surface area (Å²) in [5, 5.41) is 12.3. The molecule has 3 heterocycles. The molecule has 0 radical (unpaired) electrons. The van der Waals surface area contributed by atoms with Gasteiger partial charge in [0.15, 0.2) is 5.82 Å². The third kappa shape index (κ3) is 1.67. The Morgan fingerprint density at radius 1 is 1.35 bits per heavy atom. The first-order valence-electron chi connectivity index (χ1n) is 5.75. The highest BCUT2D eigenvalue weighted by molar-refractivity contribution is 4.99. The quantitative estimate of drug-likeness (QED) is 0.706. The molecule has 0 aliphatic carbocycles. The molecule has 1 aliphatic rings. The molecule has 0 spiro atoms. The SMILES string of the molecule is Cn1cnn(Cc2nnc3n2CCCC3)c1=O. The van der Waals surface area contributed by atoms with Crippen molar-refractivity contribution < 1.29 is 0 Å². The number of fused-ring (bicyclic) bond motifs is 1. The van der Waals surface area contributed by atoms with Gasteiger partial charge in [0, 0.05) is 20.0 Å². The summed E-state index contributed by atoms with van der Waals surface area (Å²) in [6, 6.07) is 0. The van der Waals surface area contributed by atoms with Crippen molar-refractivity contribution in [3.8, 4) is 0 Å². The first kappa shape index (κ1) is 10.2. The van der Waals surface area contributed by atoms with Crippen molar-refractivity contribution in [2.75, 3.05) is 0 Å². The fourth-order valence-electron chi connectivity index (χ4n) is 2.15. The molecule has 0 N–H and O–H groups in total. The summed E-state index contributed by atoms with van der Waals surface area (Å²) in [6.45, 7) is 1.34. The molecule has 90 valence electrons. The minimum absolute atomic E-state index is 0.127. The molecule has 3 rings (SSSR count). The largest absolute Gasteiger partial charge is 0.345 e. The zero-order valence-electron chi connectivity index (χ0n) is 9.70. The number of rotatable bonds is 2. The van der Waals surface area contributed by atoms with E-state index in [1.54, 1.807) is 7.05 Å². The van der Waals surface area contributed by atoms with E-state index in [1.165, 1.54) is 22.0 Å². The number of hydrogen-bond acceptors (Lipinski definition) is 4. The molecule has 0 saturated heterocycles. The molecule has 0 unspecified atom stereocenters. The Morgan fingerprint density at radius 2 is 2.24 bits per heavy atom. The van der Waals surface area contributed by atoms with Crippen LogP contribution in [0.4, 0.5) is 0 Å². The minimum atomic E-state index is -0.127. The lowest BCUT2D eigenvalue weighted by atomic mass is 10.2. The molecule has 0 amide bonds. The molecule has 0 fully saturated rings. The van der Waals surface area contributed by atoms with Gasteiger partial charge in [-0.2, -0.15) is 5.10 Å². The van der Waals surface area contributed by atoms with Crippen molar-refractivity contribution in [1.29, 1.82) is 0 Å². The topological polar surface area (TPSA) is 70.5 Å². The highest BCUT2D eigenvalue weighted by Gasteiger charge is 2.16. The maximum absolute atomic E-state index is 11.7. The van der Waals surface area contributed by atoms with Crippen molar-refractivity contribution >= 4 is 0 Å². The van der Waals surface area contributed by atoms with Gasteiger partial charge in [-0.15, -0.1) is 10.2 Å². The normalized spacial score (nSPS) is 14.9. The maximum Gasteiger partial charge on any atom is 0.345 e. The second kappa shape index (κ2) is 3.83. The Kier molecular flexibility index (Phi) is 2.31. The van der Waals surface area contributed by atoms with Gasteiger partial charge >= 0.3 is 5.69 Å². The van der Waals surface area contributed by atoms with Crippen LogP contribution in [0.25, 0.3) is 0 Å². The third-order valence-corrected chi connectivity index (χ3v) is 3.11. The highest BCUT2D eigenvalue weighted by atomic mass is 16.2. The molecular weight excluding hydrogens is 220 g/mol. The van der Waals surface area contributed by atoms with Crippen LogP contribution in [0.2, 0.25) is 0 Å². The average molecular weight is 234 g/mol. The number of nitrogens with zero attached hydrogens (tertiary/aromatic N) is 6. The lowest BCUT2D eigenvalue weighted by Gasteiger charge is -2.14. The monoisotopic (exact) mass is 234 g/mol. The number of aromatic nitrogens is 6. The van der Waals surface area contributed by atoms with Crippen LogP contribution < -0.4 is 5.69 Å². The average Bonchev–Trinajstić information content (AvgIpc) is 2.89. The summed E-state index contributed by atoms with van der Waals surface area (Å²) >= 11 is 0. The van der Waals surface area contributed by atoms with E-state index in [0.717, 1.165) is 31.0 Å². The third-order valence-electron chi connectivity index (χ3n) is 3.11. The summed E-state index contributed by atoms with van der Waals surface area (Å²) < 4.78 is 4.96. The van der Waals surface area contributed by atoms with Gasteiger partial charge in [0.1, 0.15) is 18.7 Å². The Bertz CT molecular complexity index is 592. The Labute approximate surface area is 97.7 Å². The second-order valence-electron chi connectivity index (χ2n) is 4.32. The smallest absolute Gasteiger partial charge is 0.313 e. The van der Waals surface area contributed by atoms with Crippen LogP contribution in [-0.2, 0) is 26.6 Å². The van der Waals surface area contributed by atoms with Crippen molar-refractivity contribution in [2.24, 2.45) is 7.05 Å². The van der Waals surface area contributed by atoms with Crippen LogP contribution in [0, 0.1) is 0 Å². The summed E-state index contributed by atoms with van der Waals surface area (Å²) in [6.07, 6.45) is 4.80. The standard InChI is InChI=1S/C10H14N6O/c1-14-7-11-16(10(14)17)6-9-13-12-8-4-2-3-5-15(8)9/h7H,2-6H2,1H3. The van der Waals surface area contributed by atoms with Gasteiger partial charge in [-0.1, -0.05) is 0 Å². The summed E-state index contributed by atoms with van der Waals surface area (Å²) in [5.74, 6) is 1.84. The van der Waals surface area contributed by atoms with Gasteiger partial charge in [0.05, 0.1) is 0 Å². The summed E-state index contributed by atoms with van der Waals surface area (Å²) in [5.41, 5.74) is -0.127. The van der Waals surface area contributed by atoms with Crippen LogP contribution in [0.1, 0.15) is 24.5 Å². The van der Waals surface area contributed by atoms with Gasteiger partial charge in [0.2, 0.25) is 0 Å². The predicted octanol–water partition coefficient (Wildman–Crippen LogP) is -0.442. The van der Waals surface area contributed by atoms with Gasteiger partial charge in [0.25, 0.3) is 0 Å². The lowest BCUT2D eigenvalue weighted by molar-refractivity contribution is 0.492. The van der Waals surface area contributed by atoms with Gasteiger partial charge < -0.3 is 4.57 Å². The van der Waals surface area contributed by atoms with E-state index in [2.05, 4.69) is 19.9 Å². The molecule has 1 aliphatic heterocycles. The molecule has 7 nitrogen and oxygen atoms in total. The number of aryl methyl sites for hydroxylation is 2. The van der Waals surface area contributed by atoms with Gasteiger partial charge in [-0.05, 0) is 12.8 Å². The highest BCUT2D eigenvalue weighted by Crippen LogP contribution is 2.14. The molecule has 2 aromatic heterocycles. The minimum Gasteiger partial charge on any atom is -0.313 e. The second-order valence-corrected chi connectivity index (χ2v) is 4.32. The van der Waals surface area contributed by atoms with Gasteiger partial charge in [-0.25, -0.2) is 9.48 Å². The first-order valence-corrected chi connectivity index (χ1v) is 5.75. The maximum atomic E-state index is 11.7. The van der Waals surface area contributed by atoms with Crippen LogP contribution >= 0.6 is 0 Å². The zero-order valence-corrected chi connectivity index (χ0v) is 9.70. The number of hydrogen-bond donors (Lipinski definition) is 0. The van der Waals surface area contributed by atoms with Crippen LogP contribution in [-0.4, -0.2) is 29.1 Å². The molecule has 17 heavy (non-hydrogen) atoms. The zero-order chi connectivity index (χ0) is 11.8. The fourth-order valence-corrected chi connectivity index (χ4v) is 2.15. The van der Waals surface area contributed by atoms with E-state index in [9.17, 15) is 4.79 Å². The van der Waals surface area contributed by atoms with E-state index in [4.69, 9.17) is 0 Å². The van der Waals surface area contributed by atoms with Crippen molar-refractivity contribution in [3.05, 3.63) is 28.5 Å². The Morgan fingerprint density at radius 3 is 3.00 bits per heavy atom. The molecule has 0 aromatic carbocycles. The van der Waals surface area contributed by atoms with E-state index in [-0.39, 0.29) is 5.69 Å². The molecule has 0 bridgehead atoms. The summed E-state index contributed by atoms with van der Waals surface area (Å²) in [7, 11) is 1.69. The molecular formula is C10H14N6O. The van der Waals surface area contributed by atoms with Crippen LogP contribution in [0.5, 0.6) is 0 Å². The molecule has 2 aromatic rings. The Hall–Kier alpha value is -1.92. The van der Waals surface area contributed by atoms with Gasteiger partial charge in [-0.3, -0.25) is 4.57 Å². The Balaban J connectivity index is 1.93. The molecule has 0 atom stereocenters. The van der Waals surface area contributed by atoms with E-state index < -0.39 is 0 Å². The predicted molar refractivity (Wildman–Crippen MR) is 59.5 cm³/mol. The van der Waals surface area contributed by atoms with Crippen LogP contribution in [0.3, 0.4) is 0 Å². The summed E-state index contributed by atoms with van der Waals surface area (Å²) in [4.78, 5) is 11.7. The fraction of sp³-hybridized carbons (Fsp3) is 0.600. The van der Waals surface area contributed by atoms with Crippen molar-refractivity contribution in [1.82, 2.24) is 29.1 Å². The van der Waals surface area contributed by atoms with Crippen molar-refractivity contribution in [2.45, 2.75) is 32.4 Å². The van der Waals surface area contributed by atoms with E-state index >= 15 is 0 Å². The lowest BCUT2D eigenvalue weighted by Crippen LogP contribution is -2.25. The van der Waals surface area contributed by atoms with E-state index in [1.807, 2.05) is 0 Å². The van der Waals surface area contributed by atoms with E-state index in [0.29, 0.717) is 6.54 Å². The van der Waals surface area contributed by atoms with Crippen molar-refractivity contribution in [3.63, 3.8) is 0 Å².